The number of carbonyl (C=O) groups is 2. The fraction of sp³-hybridized carbons (Fsp3) is 0.440. The molecule has 1 aliphatic heterocycles. The molecule has 2 N–H and O–H groups in total. The second-order valence-electron chi connectivity index (χ2n) is 8.51. The Morgan fingerprint density at radius 3 is 2.31 bits per heavy atom. The van der Waals surface area contributed by atoms with Crippen LogP contribution in [0, 0.1) is 11.8 Å². The highest BCUT2D eigenvalue weighted by molar-refractivity contribution is 5.98. The molecular formula is C25H32N2O2. The van der Waals surface area contributed by atoms with Crippen molar-refractivity contribution in [3.8, 4) is 0 Å². The van der Waals surface area contributed by atoms with Crippen molar-refractivity contribution in [3.05, 3.63) is 65.2 Å². The molecule has 0 aliphatic carbocycles. The summed E-state index contributed by atoms with van der Waals surface area (Å²) in [5.41, 5.74) is 9.79. The van der Waals surface area contributed by atoms with Crippen LogP contribution in [0.5, 0.6) is 0 Å². The van der Waals surface area contributed by atoms with Gasteiger partial charge >= 0.3 is 0 Å². The summed E-state index contributed by atoms with van der Waals surface area (Å²) in [6.45, 7) is 5.71. The number of rotatable bonds is 7. The van der Waals surface area contributed by atoms with E-state index in [0.717, 1.165) is 36.1 Å². The normalized spacial score (nSPS) is 14.9. The molecule has 0 aromatic heterocycles. The van der Waals surface area contributed by atoms with Crippen LogP contribution in [-0.4, -0.2) is 29.7 Å². The standard InChI is InChI=1S/C25H32N2O2/c1-18(2)17-19-7-9-21(10-8-19)25(29)22-13-15-27(16-14-22)24(28)12-11-20-5-3-4-6-23(20)26/h3-10,18,22H,11-17,26H2,1-2H3. The number of carbonyl (C=O) groups excluding carboxylic acids is 2. The third-order valence-corrected chi connectivity index (χ3v) is 5.76. The van der Waals surface area contributed by atoms with Crippen LogP contribution in [0.1, 0.15) is 54.6 Å². The van der Waals surface area contributed by atoms with Crippen LogP contribution in [0.2, 0.25) is 0 Å². The second kappa shape index (κ2) is 9.73. The van der Waals surface area contributed by atoms with Crippen molar-refractivity contribution in [3.63, 3.8) is 0 Å². The molecular weight excluding hydrogens is 360 g/mol. The van der Waals surface area contributed by atoms with E-state index in [2.05, 4.69) is 26.0 Å². The van der Waals surface area contributed by atoms with Gasteiger partial charge in [-0.05, 0) is 48.8 Å². The maximum atomic E-state index is 12.8. The Morgan fingerprint density at radius 2 is 1.69 bits per heavy atom. The number of nitrogen functional groups attached to an aromatic ring is 1. The largest absolute Gasteiger partial charge is 0.399 e. The van der Waals surface area contributed by atoms with Crippen molar-refractivity contribution in [1.29, 1.82) is 0 Å². The third-order valence-electron chi connectivity index (χ3n) is 5.76. The molecule has 1 fully saturated rings. The van der Waals surface area contributed by atoms with Gasteiger partial charge in [-0.15, -0.1) is 0 Å². The molecule has 154 valence electrons. The Morgan fingerprint density at radius 1 is 1.03 bits per heavy atom. The molecule has 1 heterocycles. The Labute approximate surface area is 174 Å². The Bertz CT molecular complexity index is 834. The van der Waals surface area contributed by atoms with Crippen LogP contribution in [0.15, 0.2) is 48.5 Å². The van der Waals surface area contributed by atoms with Crippen LogP contribution in [0.4, 0.5) is 5.69 Å². The first kappa shape index (κ1) is 21.1. The highest BCUT2D eigenvalue weighted by Crippen LogP contribution is 2.23. The molecule has 1 saturated heterocycles. The van der Waals surface area contributed by atoms with Gasteiger partial charge in [0, 0.05) is 36.7 Å². The van der Waals surface area contributed by atoms with Crippen molar-refractivity contribution < 1.29 is 9.59 Å². The zero-order chi connectivity index (χ0) is 20.8. The molecule has 1 aliphatic rings. The highest BCUT2D eigenvalue weighted by atomic mass is 16.2. The number of Topliss-reactive ketones (excluding diaryl/α,β-unsaturated/α-hetero) is 1. The first-order chi connectivity index (χ1) is 13.9. The van der Waals surface area contributed by atoms with Crippen molar-refractivity contribution in [2.45, 2.75) is 46.0 Å². The third kappa shape index (κ3) is 5.69. The topological polar surface area (TPSA) is 63.4 Å². The molecule has 2 aromatic rings. The lowest BCUT2D eigenvalue weighted by Gasteiger charge is -2.31. The van der Waals surface area contributed by atoms with Crippen molar-refractivity contribution in [2.75, 3.05) is 18.8 Å². The van der Waals surface area contributed by atoms with Crippen LogP contribution >= 0.6 is 0 Å². The summed E-state index contributed by atoms with van der Waals surface area (Å²) >= 11 is 0. The number of hydrogen-bond donors (Lipinski definition) is 1. The van der Waals surface area contributed by atoms with Gasteiger partial charge in [-0.25, -0.2) is 0 Å². The molecule has 0 spiro atoms. The first-order valence-corrected chi connectivity index (χ1v) is 10.7. The predicted octanol–water partition coefficient (Wildman–Crippen LogP) is 4.52. The number of para-hydroxylation sites is 1. The highest BCUT2D eigenvalue weighted by Gasteiger charge is 2.27. The van der Waals surface area contributed by atoms with E-state index < -0.39 is 0 Å². The molecule has 4 nitrogen and oxygen atoms in total. The maximum absolute atomic E-state index is 12.8. The van der Waals surface area contributed by atoms with Gasteiger partial charge in [-0.2, -0.15) is 0 Å². The van der Waals surface area contributed by atoms with Crippen LogP contribution < -0.4 is 5.73 Å². The summed E-state index contributed by atoms with van der Waals surface area (Å²) in [4.78, 5) is 27.3. The van der Waals surface area contributed by atoms with Gasteiger partial charge in [0.15, 0.2) is 5.78 Å². The number of amides is 1. The molecule has 0 radical (unpaired) electrons. The number of piperidine rings is 1. The van der Waals surface area contributed by atoms with E-state index in [-0.39, 0.29) is 17.6 Å². The van der Waals surface area contributed by atoms with E-state index in [1.54, 1.807) is 0 Å². The minimum Gasteiger partial charge on any atom is -0.399 e. The van der Waals surface area contributed by atoms with Gasteiger partial charge in [0.2, 0.25) is 5.91 Å². The smallest absolute Gasteiger partial charge is 0.222 e. The molecule has 0 saturated carbocycles. The van der Waals surface area contributed by atoms with Gasteiger partial charge in [0.1, 0.15) is 0 Å². The summed E-state index contributed by atoms with van der Waals surface area (Å²) in [5.74, 6) is 0.985. The number of anilines is 1. The lowest BCUT2D eigenvalue weighted by Crippen LogP contribution is -2.40. The van der Waals surface area contributed by atoms with Crippen LogP contribution in [-0.2, 0) is 17.6 Å². The van der Waals surface area contributed by atoms with Gasteiger partial charge in [-0.3, -0.25) is 9.59 Å². The van der Waals surface area contributed by atoms with E-state index in [4.69, 9.17) is 5.73 Å². The summed E-state index contributed by atoms with van der Waals surface area (Å²) in [6, 6.07) is 15.8. The van der Waals surface area contributed by atoms with E-state index in [1.165, 1.54) is 5.56 Å². The predicted molar refractivity (Wildman–Crippen MR) is 118 cm³/mol. The fourth-order valence-corrected chi connectivity index (χ4v) is 4.06. The molecule has 4 heteroatoms. The Hall–Kier alpha value is -2.62. The zero-order valence-corrected chi connectivity index (χ0v) is 17.6. The van der Waals surface area contributed by atoms with Crippen molar-refractivity contribution in [1.82, 2.24) is 4.90 Å². The molecule has 0 unspecified atom stereocenters. The summed E-state index contributed by atoms with van der Waals surface area (Å²) < 4.78 is 0. The van der Waals surface area contributed by atoms with Gasteiger partial charge < -0.3 is 10.6 Å². The number of aryl methyl sites for hydroxylation is 1. The van der Waals surface area contributed by atoms with Gasteiger partial charge in [-0.1, -0.05) is 56.3 Å². The molecule has 0 bridgehead atoms. The zero-order valence-electron chi connectivity index (χ0n) is 17.6. The number of nitrogens with zero attached hydrogens (tertiary/aromatic N) is 1. The lowest BCUT2D eigenvalue weighted by molar-refractivity contribution is -0.132. The average Bonchev–Trinajstić information content (AvgIpc) is 2.73. The minimum atomic E-state index is 0.0137. The van der Waals surface area contributed by atoms with E-state index in [0.29, 0.717) is 31.8 Å². The molecule has 3 rings (SSSR count). The van der Waals surface area contributed by atoms with Crippen LogP contribution in [0.3, 0.4) is 0 Å². The number of benzene rings is 2. The van der Waals surface area contributed by atoms with Crippen molar-refractivity contribution >= 4 is 17.4 Å². The van der Waals surface area contributed by atoms with Crippen LogP contribution in [0.25, 0.3) is 0 Å². The minimum absolute atomic E-state index is 0.0137. The molecule has 1 amide bonds. The van der Waals surface area contributed by atoms with E-state index in [9.17, 15) is 9.59 Å². The van der Waals surface area contributed by atoms with E-state index >= 15 is 0 Å². The lowest BCUT2D eigenvalue weighted by atomic mass is 9.88. The fourth-order valence-electron chi connectivity index (χ4n) is 4.06. The summed E-state index contributed by atoms with van der Waals surface area (Å²) in [5, 5.41) is 0. The second-order valence-corrected chi connectivity index (χ2v) is 8.51. The summed E-state index contributed by atoms with van der Waals surface area (Å²) in [6.07, 6.45) is 3.64. The number of ketones is 1. The maximum Gasteiger partial charge on any atom is 0.222 e. The number of nitrogens with two attached hydrogens (primary N) is 1. The molecule has 2 aromatic carbocycles. The molecule has 0 atom stereocenters. The van der Waals surface area contributed by atoms with Gasteiger partial charge in [0.05, 0.1) is 0 Å². The SMILES string of the molecule is CC(C)Cc1ccc(C(=O)C2CCN(C(=O)CCc3ccccc3N)CC2)cc1. The van der Waals surface area contributed by atoms with E-state index in [1.807, 2.05) is 41.3 Å². The Balaban J connectivity index is 1.48. The molecule has 29 heavy (non-hydrogen) atoms. The number of hydrogen-bond acceptors (Lipinski definition) is 3. The summed E-state index contributed by atoms with van der Waals surface area (Å²) in [7, 11) is 0. The van der Waals surface area contributed by atoms with Gasteiger partial charge in [0.25, 0.3) is 0 Å². The van der Waals surface area contributed by atoms with Crippen molar-refractivity contribution in [2.24, 2.45) is 11.8 Å². The quantitative estimate of drug-likeness (QED) is 0.556. The number of likely N-dealkylation sites (tertiary alicyclic amines) is 1. The first-order valence-electron chi connectivity index (χ1n) is 10.7. The average molecular weight is 393 g/mol. The monoisotopic (exact) mass is 392 g/mol. The Kier molecular flexibility index (Phi) is 7.08.